The molecule has 0 radical (unpaired) electrons. The molecule has 0 aliphatic rings. The van der Waals surface area contributed by atoms with Crippen LogP contribution >= 0.6 is 0 Å². The van der Waals surface area contributed by atoms with Crippen LogP contribution in [-0.4, -0.2) is 38.0 Å². The molecule has 1 N–H and O–H groups in total. The minimum absolute atomic E-state index is 0.189. The summed E-state index contributed by atoms with van der Waals surface area (Å²) in [7, 11) is 0. The summed E-state index contributed by atoms with van der Waals surface area (Å²) in [6.45, 7) is 6.39. The lowest BCUT2D eigenvalue weighted by Crippen LogP contribution is -2.18. The van der Waals surface area contributed by atoms with E-state index in [9.17, 15) is 9.59 Å². The van der Waals surface area contributed by atoms with Crippen LogP contribution in [0.4, 0.5) is 5.82 Å². The van der Waals surface area contributed by atoms with E-state index >= 15 is 0 Å². The Morgan fingerprint density at radius 1 is 1.07 bits per heavy atom. The van der Waals surface area contributed by atoms with E-state index in [0.29, 0.717) is 17.8 Å². The average molecular weight is 367 g/mol. The number of amides is 1. The number of hydrogen-bond donors (Lipinski definition) is 1. The normalized spacial score (nSPS) is 10.6. The third-order valence-corrected chi connectivity index (χ3v) is 4.14. The second-order valence-electron chi connectivity index (χ2n) is 5.79. The van der Waals surface area contributed by atoms with Crippen molar-refractivity contribution in [2.45, 2.75) is 27.3 Å². The van der Waals surface area contributed by atoms with Gasteiger partial charge in [-0.25, -0.2) is 9.48 Å². The molecule has 3 rings (SSSR count). The molecule has 2 aromatic heterocycles. The summed E-state index contributed by atoms with van der Waals surface area (Å²) in [6.07, 6.45) is 2.91. The van der Waals surface area contributed by atoms with Gasteiger partial charge in [0.1, 0.15) is 5.56 Å². The van der Waals surface area contributed by atoms with Gasteiger partial charge < -0.3 is 10.1 Å². The number of aryl methyl sites for hydroxylation is 1. The Balaban J connectivity index is 2.01. The molecule has 8 heteroatoms. The lowest BCUT2D eigenvalue weighted by atomic mass is 10.2. The summed E-state index contributed by atoms with van der Waals surface area (Å²) < 4.78 is 8.33. The van der Waals surface area contributed by atoms with Crippen molar-refractivity contribution >= 4 is 17.7 Å². The maximum absolute atomic E-state index is 12.8. The molecule has 3 aromatic rings. The number of hydrogen-bond acceptors (Lipinski definition) is 5. The molecule has 0 bridgehead atoms. The molecule has 0 aliphatic heterocycles. The van der Waals surface area contributed by atoms with E-state index in [0.717, 1.165) is 5.69 Å². The number of rotatable bonds is 6. The van der Waals surface area contributed by atoms with Crippen molar-refractivity contribution in [3.8, 4) is 5.69 Å². The summed E-state index contributed by atoms with van der Waals surface area (Å²) in [6, 6.07) is 9.24. The van der Waals surface area contributed by atoms with Crippen LogP contribution in [0.2, 0.25) is 0 Å². The van der Waals surface area contributed by atoms with Crippen molar-refractivity contribution in [3.63, 3.8) is 0 Å². The number of nitrogens with zero attached hydrogens (tertiary/aromatic N) is 4. The van der Waals surface area contributed by atoms with E-state index in [1.165, 1.54) is 17.1 Å². The molecule has 1 aromatic carbocycles. The predicted molar refractivity (Wildman–Crippen MR) is 100 cm³/mol. The molecule has 0 unspecified atom stereocenters. The highest BCUT2D eigenvalue weighted by Crippen LogP contribution is 2.22. The number of benzene rings is 1. The smallest absolute Gasteiger partial charge is 0.343 e. The highest BCUT2D eigenvalue weighted by molar-refractivity contribution is 6.08. The van der Waals surface area contributed by atoms with Gasteiger partial charge in [0.25, 0.3) is 5.91 Å². The quantitative estimate of drug-likeness (QED) is 0.677. The number of esters is 1. The highest BCUT2D eigenvalue weighted by Gasteiger charge is 2.23. The first-order valence-corrected chi connectivity index (χ1v) is 8.71. The first-order chi connectivity index (χ1) is 13.1. The number of aromatic nitrogens is 4. The zero-order valence-electron chi connectivity index (χ0n) is 15.5. The lowest BCUT2D eigenvalue weighted by Gasteiger charge is -2.11. The van der Waals surface area contributed by atoms with Gasteiger partial charge in [0, 0.05) is 12.2 Å². The summed E-state index contributed by atoms with van der Waals surface area (Å²) >= 11 is 0. The third kappa shape index (κ3) is 3.59. The number of anilines is 1. The molecule has 0 saturated carbocycles. The number of ether oxygens (including phenoxy) is 1. The maximum Gasteiger partial charge on any atom is 0.343 e. The molecule has 2 heterocycles. The van der Waals surface area contributed by atoms with Crippen molar-refractivity contribution < 1.29 is 14.3 Å². The summed E-state index contributed by atoms with van der Waals surface area (Å²) in [5.74, 6) is -0.653. The molecule has 140 valence electrons. The first kappa shape index (κ1) is 18.4. The fourth-order valence-corrected chi connectivity index (χ4v) is 2.76. The largest absolute Gasteiger partial charge is 0.462 e. The summed E-state index contributed by atoms with van der Waals surface area (Å²) in [4.78, 5) is 25.1. The Labute approximate surface area is 156 Å². The molecular formula is C19H21N5O3. The van der Waals surface area contributed by atoms with Crippen LogP contribution in [0.1, 0.15) is 40.3 Å². The van der Waals surface area contributed by atoms with E-state index in [-0.39, 0.29) is 23.9 Å². The number of carbonyl (C=O) groups excluding carboxylic acids is 2. The van der Waals surface area contributed by atoms with Crippen molar-refractivity contribution in [1.82, 2.24) is 19.6 Å². The molecule has 0 aliphatic carbocycles. The molecule has 1 amide bonds. The Morgan fingerprint density at radius 3 is 2.41 bits per heavy atom. The Bertz CT molecular complexity index is 959. The van der Waals surface area contributed by atoms with Crippen molar-refractivity contribution in [2.75, 3.05) is 11.9 Å². The second kappa shape index (κ2) is 7.86. The predicted octanol–water partition coefficient (Wildman–Crippen LogP) is 2.83. The van der Waals surface area contributed by atoms with Crippen LogP contribution in [0.5, 0.6) is 0 Å². The van der Waals surface area contributed by atoms with E-state index in [2.05, 4.69) is 15.5 Å². The Kier molecular flexibility index (Phi) is 5.35. The summed E-state index contributed by atoms with van der Waals surface area (Å²) in [5.41, 5.74) is 2.09. The molecule has 0 saturated heterocycles. The average Bonchev–Trinajstić information content (AvgIpc) is 3.26. The highest BCUT2D eigenvalue weighted by atomic mass is 16.5. The monoisotopic (exact) mass is 367 g/mol. The topological polar surface area (TPSA) is 91.0 Å². The van der Waals surface area contributed by atoms with Crippen LogP contribution < -0.4 is 5.32 Å². The van der Waals surface area contributed by atoms with Crippen LogP contribution in [0.15, 0.2) is 42.7 Å². The van der Waals surface area contributed by atoms with Gasteiger partial charge in [-0.15, -0.1) is 0 Å². The maximum atomic E-state index is 12.8. The van der Waals surface area contributed by atoms with Crippen LogP contribution in [-0.2, 0) is 11.3 Å². The van der Waals surface area contributed by atoms with Gasteiger partial charge in [-0.3, -0.25) is 9.48 Å². The van der Waals surface area contributed by atoms with Crippen molar-refractivity contribution in [2.24, 2.45) is 0 Å². The number of carbonyl (C=O) groups is 2. The standard InChI is InChI=1S/C19H21N5O3/c1-4-23-13(3)15(11-20-23)18(25)22-17-16(19(26)27-5-2)12-21-24(17)14-9-7-6-8-10-14/h6-12H,4-5H2,1-3H3,(H,22,25). The third-order valence-electron chi connectivity index (χ3n) is 4.14. The van der Waals surface area contributed by atoms with Gasteiger partial charge in [-0.1, -0.05) is 18.2 Å². The minimum atomic E-state index is -0.545. The zero-order chi connectivity index (χ0) is 19.4. The minimum Gasteiger partial charge on any atom is -0.462 e. The van der Waals surface area contributed by atoms with Gasteiger partial charge in [0.05, 0.1) is 30.3 Å². The van der Waals surface area contributed by atoms with Gasteiger partial charge in [0.2, 0.25) is 0 Å². The second-order valence-corrected chi connectivity index (χ2v) is 5.79. The van der Waals surface area contributed by atoms with Crippen LogP contribution in [0, 0.1) is 6.92 Å². The lowest BCUT2D eigenvalue weighted by molar-refractivity contribution is 0.0527. The molecule has 0 spiro atoms. The molecule has 8 nitrogen and oxygen atoms in total. The van der Waals surface area contributed by atoms with E-state index in [1.807, 2.05) is 44.2 Å². The van der Waals surface area contributed by atoms with Gasteiger partial charge >= 0.3 is 5.97 Å². The molecule has 0 atom stereocenters. The number of para-hydroxylation sites is 1. The fraction of sp³-hybridized carbons (Fsp3) is 0.263. The Hall–Kier alpha value is -3.42. The molecule has 0 fully saturated rings. The fourth-order valence-electron chi connectivity index (χ4n) is 2.76. The summed E-state index contributed by atoms with van der Waals surface area (Å²) in [5, 5.41) is 11.3. The number of nitrogens with one attached hydrogen (secondary N) is 1. The van der Waals surface area contributed by atoms with Gasteiger partial charge in [-0.2, -0.15) is 10.2 Å². The first-order valence-electron chi connectivity index (χ1n) is 8.71. The Morgan fingerprint density at radius 2 is 1.78 bits per heavy atom. The van der Waals surface area contributed by atoms with Crippen LogP contribution in [0.3, 0.4) is 0 Å². The molecular weight excluding hydrogens is 346 g/mol. The van der Waals surface area contributed by atoms with Crippen LogP contribution in [0.25, 0.3) is 5.69 Å². The van der Waals surface area contributed by atoms with E-state index in [1.54, 1.807) is 11.6 Å². The molecule has 27 heavy (non-hydrogen) atoms. The van der Waals surface area contributed by atoms with E-state index in [4.69, 9.17) is 4.74 Å². The van der Waals surface area contributed by atoms with Crippen molar-refractivity contribution in [1.29, 1.82) is 0 Å². The van der Waals surface area contributed by atoms with E-state index < -0.39 is 5.97 Å². The van der Waals surface area contributed by atoms with Gasteiger partial charge in [0.15, 0.2) is 5.82 Å². The van der Waals surface area contributed by atoms with Gasteiger partial charge in [-0.05, 0) is 32.9 Å². The van der Waals surface area contributed by atoms with Crippen molar-refractivity contribution in [3.05, 3.63) is 59.5 Å². The SMILES string of the molecule is CCOC(=O)c1cnn(-c2ccccc2)c1NC(=O)c1cnn(CC)c1C. The zero-order valence-corrected chi connectivity index (χ0v) is 15.5.